The predicted molar refractivity (Wildman–Crippen MR) is 171 cm³/mol. The fraction of sp³-hybridized carbons (Fsp3) is 0.333. The molecule has 3 aromatic rings. The van der Waals surface area contributed by atoms with Crippen molar-refractivity contribution in [3.8, 4) is 0 Å². The van der Waals surface area contributed by atoms with E-state index in [1.54, 1.807) is 43.3 Å². The van der Waals surface area contributed by atoms with Gasteiger partial charge in [-0.05, 0) is 61.2 Å². The third-order valence-electron chi connectivity index (χ3n) is 6.51. The van der Waals surface area contributed by atoms with E-state index in [2.05, 4.69) is 5.32 Å². The summed E-state index contributed by atoms with van der Waals surface area (Å²) >= 11 is 25.3. The summed E-state index contributed by atoms with van der Waals surface area (Å²) in [5.74, 6) is -0.820. The molecular formula is C30H33Cl4N3O4S. The molecule has 3 aromatic carbocycles. The van der Waals surface area contributed by atoms with Crippen LogP contribution in [0.5, 0.6) is 0 Å². The fourth-order valence-electron chi connectivity index (χ4n) is 4.21. The van der Waals surface area contributed by atoms with Gasteiger partial charge in [-0.15, -0.1) is 0 Å². The maximum absolute atomic E-state index is 14.2. The van der Waals surface area contributed by atoms with Crippen LogP contribution in [0.3, 0.4) is 0 Å². The Morgan fingerprint density at radius 3 is 2.19 bits per heavy atom. The van der Waals surface area contributed by atoms with Crippen molar-refractivity contribution >= 4 is 73.9 Å². The summed E-state index contributed by atoms with van der Waals surface area (Å²) in [6.45, 7) is 7.21. The topological polar surface area (TPSA) is 86.8 Å². The van der Waals surface area contributed by atoms with Gasteiger partial charge in [-0.2, -0.15) is 0 Å². The highest BCUT2D eigenvalue weighted by Gasteiger charge is 2.35. The molecule has 12 heteroatoms. The van der Waals surface area contributed by atoms with Gasteiger partial charge >= 0.3 is 0 Å². The zero-order valence-electron chi connectivity index (χ0n) is 23.7. The number of hydrogen-bond donors (Lipinski definition) is 1. The summed E-state index contributed by atoms with van der Waals surface area (Å²) in [5.41, 5.74) is 1.43. The third kappa shape index (κ3) is 8.32. The first-order valence-corrected chi connectivity index (χ1v) is 16.3. The third-order valence-corrected chi connectivity index (χ3v) is 9.68. The highest BCUT2D eigenvalue weighted by Crippen LogP contribution is 2.36. The first kappa shape index (κ1) is 34.0. The molecule has 0 spiro atoms. The van der Waals surface area contributed by atoms with Crippen molar-refractivity contribution < 1.29 is 18.0 Å². The molecule has 0 saturated heterocycles. The van der Waals surface area contributed by atoms with Gasteiger partial charge in [0.2, 0.25) is 11.8 Å². The van der Waals surface area contributed by atoms with E-state index in [1.165, 1.54) is 29.2 Å². The molecule has 0 aliphatic heterocycles. The van der Waals surface area contributed by atoms with Crippen LogP contribution in [0.25, 0.3) is 0 Å². The summed E-state index contributed by atoms with van der Waals surface area (Å²) in [6, 6.07) is 14.7. The normalized spacial score (nSPS) is 12.2. The lowest BCUT2D eigenvalue weighted by molar-refractivity contribution is -0.140. The number of aryl methyl sites for hydroxylation is 1. The minimum absolute atomic E-state index is 0.0277. The molecule has 0 aliphatic rings. The highest BCUT2D eigenvalue weighted by atomic mass is 35.5. The van der Waals surface area contributed by atoms with Gasteiger partial charge in [0, 0.05) is 23.1 Å². The number of halogens is 4. The quantitative estimate of drug-likeness (QED) is 0.218. The van der Waals surface area contributed by atoms with Crippen LogP contribution in [0.15, 0.2) is 65.6 Å². The predicted octanol–water partition coefficient (Wildman–Crippen LogP) is 7.38. The molecule has 2 amide bonds. The molecule has 0 bridgehead atoms. The van der Waals surface area contributed by atoms with E-state index in [1.807, 2.05) is 20.8 Å². The van der Waals surface area contributed by atoms with Crippen LogP contribution in [0.2, 0.25) is 20.1 Å². The Bertz CT molecular complexity index is 1530. The summed E-state index contributed by atoms with van der Waals surface area (Å²) in [7, 11) is -4.30. The average Bonchev–Trinajstić information content (AvgIpc) is 2.93. The summed E-state index contributed by atoms with van der Waals surface area (Å²) < 4.78 is 28.9. The molecule has 7 nitrogen and oxygen atoms in total. The fourth-order valence-corrected chi connectivity index (χ4v) is 6.55. The van der Waals surface area contributed by atoms with E-state index in [4.69, 9.17) is 46.4 Å². The van der Waals surface area contributed by atoms with E-state index < -0.39 is 28.5 Å². The lowest BCUT2D eigenvalue weighted by atomic mass is 10.1. The average molecular weight is 673 g/mol. The molecule has 0 fully saturated rings. The van der Waals surface area contributed by atoms with Crippen LogP contribution in [0, 0.1) is 12.8 Å². The number of nitrogens with zero attached hydrogens (tertiary/aromatic N) is 2. The SMILES string of the molecule is CCC(C(=O)NCC(C)C)N(Cc1ccc(Cl)cc1Cl)C(=O)CN(c1cccc(Cl)c1Cl)S(=O)(=O)c1ccc(C)cc1. The second-order valence-electron chi connectivity index (χ2n) is 10.2. The van der Waals surface area contributed by atoms with Gasteiger partial charge in [-0.1, -0.05) is 97.0 Å². The van der Waals surface area contributed by atoms with Gasteiger partial charge in [0.15, 0.2) is 0 Å². The molecule has 0 radical (unpaired) electrons. The Balaban J connectivity index is 2.11. The van der Waals surface area contributed by atoms with Gasteiger partial charge in [0.05, 0.1) is 20.6 Å². The molecule has 1 atom stereocenters. The molecule has 0 heterocycles. The van der Waals surface area contributed by atoms with E-state index in [9.17, 15) is 18.0 Å². The van der Waals surface area contributed by atoms with Gasteiger partial charge in [0.1, 0.15) is 12.6 Å². The van der Waals surface area contributed by atoms with Crippen LogP contribution in [-0.4, -0.2) is 44.3 Å². The van der Waals surface area contributed by atoms with Crippen molar-refractivity contribution in [3.05, 3.63) is 91.9 Å². The Morgan fingerprint density at radius 1 is 0.929 bits per heavy atom. The summed E-state index contributed by atoms with van der Waals surface area (Å²) in [5, 5.41) is 3.69. The summed E-state index contributed by atoms with van der Waals surface area (Å²) in [6.07, 6.45) is 0.267. The van der Waals surface area contributed by atoms with Crippen molar-refractivity contribution in [2.45, 2.75) is 51.6 Å². The highest BCUT2D eigenvalue weighted by molar-refractivity contribution is 7.92. The molecular weight excluding hydrogens is 640 g/mol. The number of benzene rings is 3. The smallest absolute Gasteiger partial charge is 0.264 e. The first-order chi connectivity index (χ1) is 19.8. The molecule has 3 rings (SSSR count). The maximum atomic E-state index is 14.2. The maximum Gasteiger partial charge on any atom is 0.264 e. The van der Waals surface area contributed by atoms with Gasteiger partial charge in [-0.3, -0.25) is 13.9 Å². The first-order valence-electron chi connectivity index (χ1n) is 13.3. The number of sulfonamides is 1. The monoisotopic (exact) mass is 671 g/mol. The van der Waals surface area contributed by atoms with Gasteiger partial charge in [-0.25, -0.2) is 8.42 Å². The van der Waals surface area contributed by atoms with Crippen LogP contribution in [-0.2, 0) is 26.2 Å². The molecule has 1 unspecified atom stereocenters. The second-order valence-corrected chi connectivity index (χ2v) is 13.7. The minimum Gasteiger partial charge on any atom is -0.354 e. The molecule has 226 valence electrons. The largest absolute Gasteiger partial charge is 0.354 e. The number of hydrogen-bond acceptors (Lipinski definition) is 4. The Kier molecular flexibility index (Phi) is 12.0. The number of carbonyl (C=O) groups excluding carboxylic acids is 2. The van der Waals surface area contributed by atoms with Crippen molar-refractivity contribution in [3.63, 3.8) is 0 Å². The second kappa shape index (κ2) is 14.8. The van der Waals surface area contributed by atoms with Crippen LogP contribution < -0.4 is 9.62 Å². The van der Waals surface area contributed by atoms with Crippen molar-refractivity contribution in [1.82, 2.24) is 10.2 Å². The van der Waals surface area contributed by atoms with Crippen LogP contribution >= 0.6 is 46.4 Å². The van der Waals surface area contributed by atoms with Gasteiger partial charge in [0.25, 0.3) is 10.0 Å². The zero-order valence-corrected chi connectivity index (χ0v) is 27.5. The van der Waals surface area contributed by atoms with Crippen LogP contribution in [0.4, 0.5) is 5.69 Å². The molecule has 0 saturated carbocycles. The van der Waals surface area contributed by atoms with Crippen molar-refractivity contribution in [1.29, 1.82) is 0 Å². The number of rotatable bonds is 12. The minimum atomic E-state index is -4.30. The standard InChI is InChI=1S/C30H33Cl4N3O4S/c1-5-26(30(39)35-16-19(2)3)36(17-21-11-12-22(31)15-25(21)33)28(38)18-37(27-8-6-7-24(32)29(27)34)42(40,41)23-13-9-20(4)10-14-23/h6-15,19,26H,5,16-18H2,1-4H3,(H,35,39). The Morgan fingerprint density at radius 2 is 1.60 bits per heavy atom. The van der Waals surface area contributed by atoms with E-state index in [-0.39, 0.29) is 45.4 Å². The number of anilines is 1. The van der Waals surface area contributed by atoms with Gasteiger partial charge < -0.3 is 10.2 Å². The van der Waals surface area contributed by atoms with E-state index in [0.29, 0.717) is 22.2 Å². The number of carbonyl (C=O) groups is 2. The van der Waals surface area contributed by atoms with Crippen LogP contribution in [0.1, 0.15) is 38.3 Å². The van der Waals surface area contributed by atoms with Crippen molar-refractivity contribution in [2.75, 3.05) is 17.4 Å². The molecule has 1 N–H and O–H groups in total. The zero-order chi connectivity index (χ0) is 31.2. The lowest BCUT2D eigenvalue weighted by Gasteiger charge is -2.33. The summed E-state index contributed by atoms with van der Waals surface area (Å²) in [4.78, 5) is 28.8. The number of amides is 2. The lowest BCUT2D eigenvalue weighted by Crippen LogP contribution is -2.52. The van der Waals surface area contributed by atoms with E-state index >= 15 is 0 Å². The molecule has 0 aliphatic carbocycles. The Labute approximate surface area is 267 Å². The molecule has 42 heavy (non-hydrogen) atoms. The molecule has 0 aromatic heterocycles. The van der Waals surface area contributed by atoms with E-state index in [0.717, 1.165) is 9.87 Å². The Hall–Kier alpha value is -2.49. The number of nitrogens with one attached hydrogen (secondary N) is 1. The van der Waals surface area contributed by atoms with Crippen molar-refractivity contribution in [2.24, 2.45) is 5.92 Å².